The molecule has 0 radical (unpaired) electrons. The molecular formula is C19H25N3O6. The highest BCUT2D eigenvalue weighted by Crippen LogP contribution is 2.22. The molecule has 0 spiro atoms. The van der Waals surface area contributed by atoms with Gasteiger partial charge in [-0.3, -0.25) is 24.5 Å². The van der Waals surface area contributed by atoms with Gasteiger partial charge in [-0.25, -0.2) is 0 Å². The van der Waals surface area contributed by atoms with Crippen LogP contribution in [0.25, 0.3) is 0 Å². The Balaban J connectivity index is 1.69. The van der Waals surface area contributed by atoms with Gasteiger partial charge in [0.25, 0.3) is 11.6 Å². The molecule has 9 nitrogen and oxygen atoms in total. The number of amides is 2. The topological polar surface area (TPSA) is 128 Å². The van der Waals surface area contributed by atoms with E-state index in [9.17, 15) is 24.5 Å². The number of esters is 1. The average molecular weight is 391 g/mol. The molecule has 0 aromatic heterocycles. The van der Waals surface area contributed by atoms with Crippen molar-refractivity contribution in [1.82, 2.24) is 5.32 Å². The molecule has 2 rings (SSSR count). The highest BCUT2D eigenvalue weighted by molar-refractivity contribution is 5.93. The van der Waals surface area contributed by atoms with Crippen LogP contribution in [0, 0.1) is 17.0 Å². The van der Waals surface area contributed by atoms with Crippen molar-refractivity contribution in [2.24, 2.45) is 0 Å². The van der Waals surface area contributed by atoms with E-state index in [1.807, 2.05) is 0 Å². The Morgan fingerprint density at radius 2 is 1.86 bits per heavy atom. The first kappa shape index (κ1) is 21.3. The Morgan fingerprint density at radius 3 is 2.54 bits per heavy atom. The first-order chi connectivity index (χ1) is 13.3. The maximum atomic E-state index is 11.9. The van der Waals surface area contributed by atoms with Gasteiger partial charge in [0.05, 0.1) is 11.3 Å². The van der Waals surface area contributed by atoms with Crippen LogP contribution in [-0.2, 0) is 19.1 Å². The fraction of sp³-hybridized carbons (Fsp3) is 0.526. The quantitative estimate of drug-likeness (QED) is 0.398. The van der Waals surface area contributed by atoms with Gasteiger partial charge >= 0.3 is 5.97 Å². The summed E-state index contributed by atoms with van der Waals surface area (Å²) in [5.41, 5.74) is 0.602. The Labute approximate surface area is 163 Å². The van der Waals surface area contributed by atoms with E-state index in [0.717, 1.165) is 25.7 Å². The summed E-state index contributed by atoms with van der Waals surface area (Å²) < 4.78 is 4.85. The zero-order valence-corrected chi connectivity index (χ0v) is 15.9. The Morgan fingerprint density at radius 1 is 1.14 bits per heavy atom. The molecule has 1 aromatic rings. The SMILES string of the molecule is Cc1ccc(NC(=O)COC(=O)CCC(=O)NC2CCCCC2)cc1[N+](=O)[O-]. The molecule has 2 N–H and O–H groups in total. The summed E-state index contributed by atoms with van der Waals surface area (Å²) >= 11 is 0. The smallest absolute Gasteiger partial charge is 0.306 e. The van der Waals surface area contributed by atoms with E-state index < -0.39 is 23.4 Å². The Hall–Kier alpha value is -2.97. The van der Waals surface area contributed by atoms with Crippen molar-refractivity contribution in [3.63, 3.8) is 0 Å². The molecular weight excluding hydrogens is 366 g/mol. The van der Waals surface area contributed by atoms with Crippen LogP contribution >= 0.6 is 0 Å². The summed E-state index contributed by atoms with van der Waals surface area (Å²) in [5.74, 6) is -1.46. The minimum atomic E-state index is -0.649. The summed E-state index contributed by atoms with van der Waals surface area (Å²) in [4.78, 5) is 45.8. The van der Waals surface area contributed by atoms with Crippen molar-refractivity contribution < 1.29 is 24.0 Å². The van der Waals surface area contributed by atoms with Gasteiger partial charge in [-0.1, -0.05) is 25.3 Å². The summed E-state index contributed by atoms with van der Waals surface area (Å²) in [5, 5.41) is 16.3. The number of ether oxygens (including phenoxy) is 1. The third kappa shape index (κ3) is 6.98. The van der Waals surface area contributed by atoms with Gasteiger partial charge in [0, 0.05) is 29.8 Å². The molecule has 0 saturated heterocycles. The number of carbonyl (C=O) groups is 3. The normalized spacial score (nSPS) is 14.2. The largest absolute Gasteiger partial charge is 0.456 e. The fourth-order valence-electron chi connectivity index (χ4n) is 3.06. The van der Waals surface area contributed by atoms with E-state index in [1.165, 1.54) is 24.6 Å². The minimum absolute atomic E-state index is 0.0150. The summed E-state index contributed by atoms with van der Waals surface area (Å²) in [6, 6.07) is 4.47. The van der Waals surface area contributed by atoms with E-state index >= 15 is 0 Å². The molecule has 0 unspecified atom stereocenters. The van der Waals surface area contributed by atoms with Crippen LogP contribution in [0.3, 0.4) is 0 Å². The lowest BCUT2D eigenvalue weighted by Gasteiger charge is -2.22. The molecule has 1 aliphatic rings. The molecule has 1 aromatic carbocycles. The zero-order chi connectivity index (χ0) is 20.5. The number of benzene rings is 1. The lowest BCUT2D eigenvalue weighted by molar-refractivity contribution is -0.385. The number of nitro groups is 1. The second-order valence-corrected chi connectivity index (χ2v) is 6.87. The second kappa shape index (κ2) is 10.4. The van der Waals surface area contributed by atoms with Crippen LogP contribution in [0.1, 0.15) is 50.5 Å². The molecule has 152 valence electrons. The number of hydrogen-bond donors (Lipinski definition) is 2. The number of nitrogens with one attached hydrogen (secondary N) is 2. The highest BCUT2D eigenvalue weighted by atomic mass is 16.6. The average Bonchev–Trinajstić information content (AvgIpc) is 2.67. The molecule has 28 heavy (non-hydrogen) atoms. The highest BCUT2D eigenvalue weighted by Gasteiger charge is 2.17. The van der Waals surface area contributed by atoms with Gasteiger partial charge in [0.1, 0.15) is 0 Å². The number of carbonyl (C=O) groups excluding carboxylic acids is 3. The third-order valence-electron chi connectivity index (χ3n) is 4.58. The molecule has 1 aliphatic carbocycles. The van der Waals surface area contributed by atoms with Crippen molar-refractivity contribution in [1.29, 1.82) is 0 Å². The maximum Gasteiger partial charge on any atom is 0.306 e. The van der Waals surface area contributed by atoms with Gasteiger partial charge in [-0.15, -0.1) is 0 Å². The van der Waals surface area contributed by atoms with E-state index in [4.69, 9.17) is 4.74 Å². The number of anilines is 1. The number of nitrogens with zero attached hydrogens (tertiary/aromatic N) is 1. The van der Waals surface area contributed by atoms with E-state index in [-0.39, 0.29) is 36.2 Å². The van der Waals surface area contributed by atoms with Crippen LogP contribution < -0.4 is 10.6 Å². The standard InChI is InChI=1S/C19H25N3O6/c1-13-7-8-15(11-16(13)22(26)27)21-18(24)12-28-19(25)10-9-17(23)20-14-5-3-2-4-6-14/h7-8,11,14H,2-6,9-10,12H2,1H3,(H,20,23)(H,21,24). The van der Waals surface area contributed by atoms with Gasteiger partial charge in [-0.2, -0.15) is 0 Å². The van der Waals surface area contributed by atoms with Gasteiger partial charge < -0.3 is 15.4 Å². The molecule has 0 heterocycles. The third-order valence-corrected chi connectivity index (χ3v) is 4.58. The van der Waals surface area contributed by atoms with E-state index in [2.05, 4.69) is 10.6 Å². The van der Waals surface area contributed by atoms with Crippen molar-refractivity contribution in [3.05, 3.63) is 33.9 Å². The molecule has 9 heteroatoms. The van der Waals surface area contributed by atoms with Crippen molar-refractivity contribution in [3.8, 4) is 0 Å². The van der Waals surface area contributed by atoms with E-state index in [1.54, 1.807) is 6.92 Å². The van der Waals surface area contributed by atoms with Crippen LogP contribution in [0.15, 0.2) is 18.2 Å². The molecule has 1 saturated carbocycles. The summed E-state index contributed by atoms with van der Waals surface area (Å²) in [7, 11) is 0. The predicted molar refractivity (Wildman–Crippen MR) is 102 cm³/mol. The molecule has 2 amide bonds. The Kier molecular flexibility index (Phi) is 7.91. The molecule has 0 aliphatic heterocycles. The van der Waals surface area contributed by atoms with E-state index in [0.29, 0.717) is 5.56 Å². The zero-order valence-electron chi connectivity index (χ0n) is 15.9. The van der Waals surface area contributed by atoms with Gasteiger partial charge in [0.15, 0.2) is 6.61 Å². The van der Waals surface area contributed by atoms with Crippen molar-refractivity contribution >= 4 is 29.2 Å². The lowest BCUT2D eigenvalue weighted by atomic mass is 9.95. The monoisotopic (exact) mass is 391 g/mol. The van der Waals surface area contributed by atoms with Crippen molar-refractivity contribution in [2.45, 2.75) is 57.9 Å². The van der Waals surface area contributed by atoms with Crippen LogP contribution in [0.4, 0.5) is 11.4 Å². The van der Waals surface area contributed by atoms with Crippen LogP contribution in [0.5, 0.6) is 0 Å². The van der Waals surface area contributed by atoms with Gasteiger partial charge in [0.2, 0.25) is 5.91 Å². The molecule has 0 atom stereocenters. The van der Waals surface area contributed by atoms with Crippen LogP contribution in [-0.4, -0.2) is 35.4 Å². The number of rotatable bonds is 8. The number of aryl methyl sites for hydroxylation is 1. The summed E-state index contributed by atoms with van der Waals surface area (Å²) in [6.07, 6.45) is 5.24. The fourth-order valence-corrected chi connectivity index (χ4v) is 3.06. The minimum Gasteiger partial charge on any atom is -0.456 e. The molecule has 0 bridgehead atoms. The molecule has 1 fully saturated rings. The van der Waals surface area contributed by atoms with Gasteiger partial charge in [-0.05, 0) is 25.8 Å². The first-order valence-electron chi connectivity index (χ1n) is 9.35. The number of nitro benzene ring substituents is 1. The number of hydrogen-bond acceptors (Lipinski definition) is 6. The predicted octanol–water partition coefficient (Wildman–Crippen LogP) is 2.61. The van der Waals surface area contributed by atoms with Crippen molar-refractivity contribution in [2.75, 3.05) is 11.9 Å². The first-order valence-corrected chi connectivity index (χ1v) is 9.35. The lowest BCUT2D eigenvalue weighted by Crippen LogP contribution is -2.36. The van der Waals surface area contributed by atoms with Crippen LogP contribution in [0.2, 0.25) is 0 Å². The second-order valence-electron chi connectivity index (χ2n) is 6.87. The maximum absolute atomic E-state index is 11.9. The summed E-state index contributed by atoms with van der Waals surface area (Å²) in [6.45, 7) is 1.07. The Bertz CT molecular complexity index is 743.